The molecule has 0 fully saturated rings. The molecule has 0 spiro atoms. The maximum absolute atomic E-state index is 12.7. The van der Waals surface area contributed by atoms with E-state index in [0.717, 1.165) is 5.75 Å². The Morgan fingerprint density at radius 1 is 1.08 bits per heavy atom. The van der Waals surface area contributed by atoms with Crippen LogP contribution in [0.3, 0.4) is 0 Å². The smallest absolute Gasteiger partial charge is 0.251 e. The van der Waals surface area contributed by atoms with Gasteiger partial charge in [-0.05, 0) is 43.3 Å². The van der Waals surface area contributed by atoms with Gasteiger partial charge < -0.3 is 19.8 Å². The number of amides is 1. The molecule has 6 nitrogen and oxygen atoms in total. The highest BCUT2D eigenvalue weighted by atomic mass is 16.5. The monoisotopic (exact) mass is 351 g/mol. The Labute approximate surface area is 152 Å². The van der Waals surface area contributed by atoms with Crippen LogP contribution in [0.4, 0.5) is 0 Å². The number of nitrogens with one attached hydrogen (secondary N) is 2. The molecule has 2 atom stereocenters. The second-order valence-electron chi connectivity index (χ2n) is 5.79. The van der Waals surface area contributed by atoms with Crippen molar-refractivity contribution in [2.75, 3.05) is 7.11 Å². The first kappa shape index (κ1) is 17.5. The summed E-state index contributed by atoms with van der Waals surface area (Å²) in [5.74, 6) is 1.85. The summed E-state index contributed by atoms with van der Waals surface area (Å²) in [5, 5.41) is 2.99. The molecular weight excluding hydrogens is 330 g/mol. The van der Waals surface area contributed by atoms with E-state index < -0.39 is 6.04 Å². The first-order valence-electron chi connectivity index (χ1n) is 8.33. The van der Waals surface area contributed by atoms with Gasteiger partial charge in [0.05, 0.1) is 7.11 Å². The van der Waals surface area contributed by atoms with Crippen molar-refractivity contribution in [3.63, 3.8) is 0 Å². The van der Waals surface area contributed by atoms with Crippen molar-refractivity contribution in [1.82, 2.24) is 15.3 Å². The van der Waals surface area contributed by atoms with Gasteiger partial charge in [0.25, 0.3) is 5.91 Å². The van der Waals surface area contributed by atoms with Crippen LogP contribution in [0.5, 0.6) is 11.5 Å². The van der Waals surface area contributed by atoms with Gasteiger partial charge in [-0.3, -0.25) is 4.79 Å². The number of hydrogen-bond acceptors (Lipinski definition) is 4. The number of nitrogens with zero attached hydrogens (tertiary/aromatic N) is 1. The Morgan fingerprint density at radius 3 is 2.42 bits per heavy atom. The third kappa shape index (κ3) is 4.22. The van der Waals surface area contributed by atoms with E-state index in [4.69, 9.17) is 9.47 Å². The van der Waals surface area contributed by atoms with Crippen LogP contribution >= 0.6 is 0 Å². The molecule has 3 rings (SSSR count). The summed E-state index contributed by atoms with van der Waals surface area (Å²) in [6.07, 6.45) is 3.04. The zero-order valence-corrected chi connectivity index (χ0v) is 14.7. The minimum Gasteiger partial charge on any atom is -0.497 e. The third-order valence-corrected chi connectivity index (χ3v) is 3.99. The van der Waals surface area contributed by atoms with E-state index in [9.17, 15) is 4.79 Å². The molecule has 3 aromatic rings. The van der Waals surface area contributed by atoms with Crippen molar-refractivity contribution in [1.29, 1.82) is 0 Å². The van der Waals surface area contributed by atoms with Crippen LogP contribution in [-0.2, 0) is 0 Å². The first-order chi connectivity index (χ1) is 12.7. The topological polar surface area (TPSA) is 76.2 Å². The number of carbonyl (C=O) groups is 1. The lowest BCUT2D eigenvalue weighted by molar-refractivity contribution is 0.0877. The van der Waals surface area contributed by atoms with Crippen LogP contribution in [0.15, 0.2) is 67.0 Å². The number of ether oxygens (including phenoxy) is 2. The van der Waals surface area contributed by atoms with E-state index >= 15 is 0 Å². The molecule has 134 valence electrons. The van der Waals surface area contributed by atoms with Crippen LogP contribution in [0.25, 0.3) is 0 Å². The van der Waals surface area contributed by atoms with Crippen molar-refractivity contribution in [3.8, 4) is 11.5 Å². The molecule has 0 saturated heterocycles. The summed E-state index contributed by atoms with van der Waals surface area (Å²) in [6, 6.07) is 16.0. The molecule has 2 N–H and O–H groups in total. The van der Waals surface area contributed by atoms with E-state index in [2.05, 4.69) is 15.3 Å². The normalized spacial score (nSPS) is 12.8. The average molecular weight is 351 g/mol. The molecule has 1 amide bonds. The lowest BCUT2D eigenvalue weighted by atomic mass is 10.1. The second kappa shape index (κ2) is 8.20. The number of H-pyrrole nitrogens is 1. The Balaban J connectivity index is 1.76. The molecule has 26 heavy (non-hydrogen) atoms. The Kier molecular flexibility index (Phi) is 5.53. The molecule has 0 bridgehead atoms. The van der Waals surface area contributed by atoms with Crippen LogP contribution in [0.2, 0.25) is 0 Å². The summed E-state index contributed by atoms with van der Waals surface area (Å²) in [4.78, 5) is 20.0. The maximum atomic E-state index is 12.7. The SMILES string of the molecule is COc1ccc(C(=O)NC(c2ncc[nH]2)C(C)Oc2ccccc2)cc1. The predicted molar refractivity (Wildman–Crippen MR) is 98.3 cm³/mol. The number of methoxy groups -OCH3 is 1. The molecule has 0 radical (unpaired) electrons. The van der Waals surface area contributed by atoms with Gasteiger partial charge in [-0.1, -0.05) is 18.2 Å². The summed E-state index contributed by atoms with van der Waals surface area (Å²) in [6.45, 7) is 1.90. The van der Waals surface area contributed by atoms with Gasteiger partial charge in [0.1, 0.15) is 29.5 Å². The standard InChI is InChI=1S/C20H21N3O3/c1-14(26-17-6-4-3-5-7-17)18(19-21-12-13-22-19)23-20(24)15-8-10-16(25-2)11-9-15/h3-14,18H,1-2H3,(H,21,22)(H,23,24). The van der Waals surface area contributed by atoms with Gasteiger partial charge in [-0.2, -0.15) is 0 Å². The van der Waals surface area contributed by atoms with Crippen molar-refractivity contribution >= 4 is 5.91 Å². The zero-order valence-electron chi connectivity index (χ0n) is 14.7. The van der Waals surface area contributed by atoms with Crippen LogP contribution in [-0.4, -0.2) is 29.1 Å². The molecule has 0 aliphatic heterocycles. The van der Waals surface area contributed by atoms with Gasteiger partial charge in [0.15, 0.2) is 0 Å². The highest BCUT2D eigenvalue weighted by Gasteiger charge is 2.25. The van der Waals surface area contributed by atoms with Crippen molar-refractivity contribution < 1.29 is 14.3 Å². The fraction of sp³-hybridized carbons (Fsp3) is 0.200. The van der Waals surface area contributed by atoms with E-state index in [0.29, 0.717) is 17.1 Å². The van der Waals surface area contributed by atoms with Gasteiger partial charge in [-0.15, -0.1) is 0 Å². The van der Waals surface area contributed by atoms with Gasteiger partial charge in [0, 0.05) is 18.0 Å². The van der Waals surface area contributed by atoms with E-state index in [1.165, 1.54) is 0 Å². The first-order valence-corrected chi connectivity index (χ1v) is 8.33. The Bertz CT molecular complexity index is 817. The zero-order chi connectivity index (χ0) is 18.4. The van der Waals surface area contributed by atoms with Gasteiger partial charge in [-0.25, -0.2) is 4.98 Å². The fourth-order valence-corrected chi connectivity index (χ4v) is 2.60. The largest absolute Gasteiger partial charge is 0.497 e. The molecule has 1 heterocycles. The summed E-state index contributed by atoms with van der Waals surface area (Å²) >= 11 is 0. The number of carbonyl (C=O) groups excluding carboxylic acids is 1. The highest BCUT2D eigenvalue weighted by molar-refractivity contribution is 5.94. The second-order valence-corrected chi connectivity index (χ2v) is 5.79. The molecular formula is C20H21N3O3. The lowest BCUT2D eigenvalue weighted by Gasteiger charge is -2.24. The molecule has 0 aliphatic carbocycles. The van der Waals surface area contributed by atoms with E-state index in [-0.39, 0.29) is 12.0 Å². The minimum absolute atomic E-state index is 0.211. The third-order valence-electron chi connectivity index (χ3n) is 3.99. The molecule has 6 heteroatoms. The van der Waals surface area contributed by atoms with Crippen LogP contribution < -0.4 is 14.8 Å². The van der Waals surface area contributed by atoms with Gasteiger partial charge in [0.2, 0.25) is 0 Å². The molecule has 0 saturated carbocycles. The van der Waals surface area contributed by atoms with Crippen LogP contribution in [0.1, 0.15) is 29.1 Å². The van der Waals surface area contributed by atoms with Crippen LogP contribution in [0, 0.1) is 0 Å². The molecule has 1 aromatic heterocycles. The molecule has 2 aromatic carbocycles. The summed E-state index contributed by atoms with van der Waals surface area (Å²) < 4.78 is 11.1. The maximum Gasteiger partial charge on any atom is 0.251 e. The lowest BCUT2D eigenvalue weighted by Crippen LogP contribution is -2.38. The Morgan fingerprint density at radius 2 is 1.81 bits per heavy atom. The number of para-hydroxylation sites is 1. The quantitative estimate of drug-likeness (QED) is 0.684. The number of rotatable bonds is 7. The number of imidazole rings is 1. The highest BCUT2D eigenvalue weighted by Crippen LogP contribution is 2.20. The van der Waals surface area contributed by atoms with Crippen molar-refractivity contribution in [3.05, 3.63) is 78.4 Å². The van der Waals surface area contributed by atoms with E-state index in [1.54, 1.807) is 43.8 Å². The number of aromatic amines is 1. The number of aromatic nitrogens is 2. The minimum atomic E-state index is -0.431. The summed E-state index contributed by atoms with van der Waals surface area (Å²) in [7, 11) is 1.59. The number of benzene rings is 2. The molecule has 2 unspecified atom stereocenters. The van der Waals surface area contributed by atoms with Crippen molar-refractivity contribution in [2.45, 2.75) is 19.1 Å². The average Bonchev–Trinajstić information content (AvgIpc) is 3.21. The Hall–Kier alpha value is -3.28. The summed E-state index contributed by atoms with van der Waals surface area (Å²) in [5.41, 5.74) is 0.536. The predicted octanol–water partition coefficient (Wildman–Crippen LogP) is 3.36. The van der Waals surface area contributed by atoms with E-state index in [1.807, 2.05) is 37.3 Å². The fourth-order valence-electron chi connectivity index (χ4n) is 2.60. The van der Waals surface area contributed by atoms with Gasteiger partial charge >= 0.3 is 0 Å². The van der Waals surface area contributed by atoms with Crippen molar-refractivity contribution in [2.24, 2.45) is 0 Å². The number of hydrogen-bond donors (Lipinski definition) is 2. The molecule has 0 aliphatic rings.